The highest BCUT2D eigenvalue weighted by molar-refractivity contribution is 7.91. The van der Waals surface area contributed by atoms with Gasteiger partial charge in [-0.05, 0) is 17.9 Å². The van der Waals surface area contributed by atoms with Crippen LogP contribution in [0, 0.1) is 5.41 Å². The lowest BCUT2D eigenvalue weighted by Crippen LogP contribution is -2.36. The van der Waals surface area contributed by atoms with Crippen molar-refractivity contribution in [2.45, 2.75) is 31.4 Å². The normalized spacial score (nSPS) is 17.6. The van der Waals surface area contributed by atoms with Gasteiger partial charge in [-0.2, -0.15) is 4.31 Å². The average Bonchev–Trinajstić information content (AvgIpc) is 2.88. The zero-order chi connectivity index (χ0) is 15.8. The van der Waals surface area contributed by atoms with Crippen LogP contribution in [0.15, 0.2) is 27.3 Å². The van der Waals surface area contributed by atoms with Crippen molar-refractivity contribution in [3.63, 3.8) is 0 Å². The van der Waals surface area contributed by atoms with Gasteiger partial charge < -0.3 is 5.11 Å². The highest BCUT2D eigenvalue weighted by atomic mass is 32.2. The maximum Gasteiger partial charge on any atom is 0.336 e. The number of carboxylic acids is 1. The first kappa shape index (κ1) is 16.2. The molecule has 5 nitrogen and oxygen atoms in total. The van der Waals surface area contributed by atoms with Gasteiger partial charge >= 0.3 is 5.97 Å². The van der Waals surface area contributed by atoms with Gasteiger partial charge in [0.25, 0.3) is 10.0 Å². The van der Waals surface area contributed by atoms with E-state index in [4.69, 9.17) is 5.11 Å². The zero-order valence-corrected chi connectivity index (χ0v) is 13.9. The Balaban J connectivity index is 2.22. The molecule has 7 heteroatoms. The van der Waals surface area contributed by atoms with E-state index in [9.17, 15) is 13.2 Å². The maximum absolute atomic E-state index is 12.5. The van der Waals surface area contributed by atoms with Crippen LogP contribution >= 0.6 is 11.3 Å². The molecular formula is C14H19NO4S2. The van der Waals surface area contributed by atoms with E-state index in [-0.39, 0.29) is 15.2 Å². The quantitative estimate of drug-likeness (QED) is 0.865. The van der Waals surface area contributed by atoms with E-state index < -0.39 is 16.0 Å². The fraction of sp³-hybridized carbons (Fsp3) is 0.500. The number of hydrogen-bond acceptors (Lipinski definition) is 4. The predicted molar refractivity (Wildman–Crippen MR) is 82.2 cm³/mol. The smallest absolute Gasteiger partial charge is 0.336 e. The lowest BCUT2D eigenvalue weighted by atomic mass is 9.83. The van der Waals surface area contributed by atoms with Gasteiger partial charge in [0.1, 0.15) is 4.21 Å². The number of sulfonamides is 1. The molecule has 2 heterocycles. The Hall–Kier alpha value is -1.18. The lowest BCUT2D eigenvalue weighted by molar-refractivity contribution is 0.0697. The molecule has 0 unspecified atom stereocenters. The third kappa shape index (κ3) is 3.36. The number of hydrogen-bond donors (Lipinski definition) is 1. The Labute approximate surface area is 129 Å². The third-order valence-corrected chi connectivity index (χ3v) is 6.83. The summed E-state index contributed by atoms with van der Waals surface area (Å²) in [6.45, 7) is 7.12. The van der Waals surface area contributed by atoms with E-state index in [1.807, 2.05) is 6.08 Å². The zero-order valence-electron chi connectivity index (χ0n) is 12.3. The summed E-state index contributed by atoms with van der Waals surface area (Å²) >= 11 is 0.954. The molecule has 0 aromatic carbocycles. The molecule has 21 heavy (non-hydrogen) atoms. The van der Waals surface area contributed by atoms with Gasteiger partial charge in [0.15, 0.2) is 0 Å². The highest BCUT2D eigenvalue weighted by Crippen LogP contribution is 2.32. The standard InChI is InChI=1S/C14H19NO4S2/c1-14(2,3)11-4-6-15(7-5-11)21(18,19)12-8-10(9-20-12)13(16)17/h4,8-9H,5-7H2,1-3H3,(H,16,17). The van der Waals surface area contributed by atoms with Gasteiger partial charge in [-0.1, -0.05) is 32.4 Å². The van der Waals surface area contributed by atoms with Crippen molar-refractivity contribution >= 4 is 27.3 Å². The Morgan fingerprint density at radius 1 is 1.38 bits per heavy atom. The summed E-state index contributed by atoms with van der Waals surface area (Å²) in [5.41, 5.74) is 1.32. The second kappa shape index (κ2) is 5.55. The molecule has 1 aliphatic heterocycles. The van der Waals surface area contributed by atoms with Gasteiger partial charge in [-0.15, -0.1) is 11.3 Å². The molecule has 0 atom stereocenters. The highest BCUT2D eigenvalue weighted by Gasteiger charge is 2.30. The molecule has 0 spiro atoms. The van der Waals surface area contributed by atoms with Crippen LogP contribution in [-0.4, -0.2) is 36.9 Å². The van der Waals surface area contributed by atoms with Crippen LogP contribution in [0.3, 0.4) is 0 Å². The minimum atomic E-state index is -3.60. The molecule has 1 N–H and O–H groups in total. The van der Waals surface area contributed by atoms with E-state index in [1.54, 1.807) is 0 Å². The maximum atomic E-state index is 12.5. The number of rotatable bonds is 3. The lowest BCUT2D eigenvalue weighted by Gasteiger charge is -2.31. The van der Waals surface area contributed by atoms with E-state index >= 15 is 0 Å². The fourth-order valence-corrected chi connectivity index (χ4v) is 4.93. The molecule has 1 aromatic rings. The number of carbonyl (C=O) groups is 1. The van der Waals surface area contributed by atoms with Crippen LogP contribution in [0.5, 0.6) is 0 Å². The monoisotopic (exact) mass is 329 g/mol. The molecule has 2 rings (SSSR count). The molecule has 1 aromatic heterocycles. The summed E-state index contributed by atoms with van der Waals surface area (Å²) in [4.78, 5) is 10.9. The fourth-order valence-electron chi connectivity index (χ4n) is 2.24. The first-order chi connectivity index (χ1) is 9.62. The molecule has 0 aliphatic carbocycles. The van der Waals surface area contributed by atoms with Gasteiger partial charge in [0, 0.05) is 18.5 Å². The first-order valence-electron chi connectivity index (χ1n) is 6.64. The van der Waals surface area contributed by atoms with Crippen LogP contribution in [0.2, 0.25) is 0 Å². The molecule has 0 radical (unpaired) electrons. The number of carboxylic acid groups (broad SMARTS) is 1. The Morgan fingerprint density at radius 2 is 2.05 bits per heavy atom. The van der Waals surface area contributed by atoms with Crippen molar-refractivity contribution in [3.05, 3.63) is 28.7 Å². The van der Waals surface area contributed by atoms with E-state index in [0.29, 0.717) is 19.5 Å². The topological polar surface area (TPSA) is 74.7 Å². The van der Waals surface area contributed by atoms with Gasteiger partial charge in [0.05, 0.1) is 5.56 Å². The van der Waals surface area contributed by atoms with Crippen LogP contribution in [0.4, 0.5) is 0 Å². The van der Waals surface area contributed by atoms with E-state index in [2.05, 4.69) is 20.8 Å². The summed E-state index contributed by atoms with van der Waals surface area (Å²) in [5.74, 6) is -1.11. The number of aromatic carboxylic acids is 1. The predicted octanol–water partition coefficient (Wildman–Crippen LogP) is 2.81. The molecule has 0 bridgehead atoms. The molecular weight excluding hydrogens is 310 g/mol. The van der Waals surface area contributed by atoms with Gasteiger partial charge in [-0.3, -0.25) is 0 Å². The minimum Gasteiger partial charge on any atom is -0.478 e. The Morgan fingerprint density at radius 3 is 2.48 bits per heavy atom. The molecule has 116 valence electrons. The van der Waals surface area contributed by atoms with Crippen LogP contribution in [-0.2, 0) is 10.0 Å². The van der Waals surface area contributed by atoms with Crippen LogP contribution in [0.25, 0.3) is 0 Å². The SMILES string of the molecule is CC(C)(C)C1=CCN(S(=O)(=O)c2cc(C(=O)O)cs2)CC1. The second-order valence-corrected chi connectivity index (χ2v) is 9.13. The van der Waals surface area contributed by atoms with Crippen molar-refractivity contribution in [3.8, 4) is 0 Å². The molecule has 1 aliphatic rings. The third-order valence-electron chi connectivity index (χ3n) is 3.55. The van der Waals surface area contributed by atoms with Crippen LogP contribution < -0.4 is 0 Å². The van der Waals surface area contributed by atoms with E-state index in [1.165, 1.54) is 21.3 Å². The van der Waals surface area contributed by atoms with Gasteiger partial charge in [0.2, 0.25) is 0 Å². The molecule has 0 saturated heterocycles. The number of nitrogens with zero attached hydrogens (tertiary/aromatic N) is 1. The average molecular weight is 329 g/mol. The summed E-state index contributed by atoms with van der Waals surface area (Å²) in [6.07, 6.45) is 2.67. The largest absolute Gasteiger partial charge is 0.478 e. The molecule has 0 saturated carbocycles. The summed E-state index contributed by atoms with van der Waals surface area (Å²) in [7, 11) is -3.60. The van der Waals surface area contributed by atoms with E-state index in [0.717, 1.165) is 11.3 Å². The van der Waals surface area contributed by atoms with Gasteiger partial charge in [-0.25, -0.2) is 13.2 Å². The first-order valence-corrected chi connectivity index (χ1v) is 8.96. The van der Waals surface area contributed by atoms with Crippen molar-refractivity contribution in [2.75, 3.05) is 13.1 Å². The summed E-state index contributed by atoms with van der Waals surface area (Å²) in [5, 5.41) is 10.2. The minimum absolute atomic E-state index is 0.0153. The number of thiophene rings is 1. The Kier molecular flexibility index (Phi) is 4.28. The Bertz CT molecular complexity index is 680. The van der Waals surface area contributed by atoms with Crippen LogP contribution in [0.1, 0.15) is 37.6 Å². The molecule has 0 fully saturated rings. The molecule has 0 amide bonds. The summed E-state index contributed by atoms with van der Waals surface area (Å²) < 4.78 is 26.5. The second-order valence-electron chi connectivity index (χ2n) is 6.05. The van der Waals surface area contributed by atoms with Crippen molar-refractivity contribution in [1.82, 2.24) is 4.31 Å². The summed E-state index contributed by atoms with van der Waals surface area (Å²) in [6, 6.07) is 1.23. The van der Waals surface area contributed by atoms with Crippen molar-refractivity contribution in [1.29, 1.82) is 0 Å². The van der Waals surface area contributed by atoms with Crippen molar-refractivity contribution < 1.29 is 18.3 Å². The van der Waals surface area contributed by atoms with Crippen molar-refractivity contribution in [2.24, 2.45) is 5.41 Å².